The quantitative estimate of drug-likeness (QED) is 0.514. The predicted molar refractivity (Wildman–Crippen MR) is 106 cm³/mol. The molecule has 0 unspecified atom stereocenters. The van der Waals surface area contributed by atoms with E-state index < -0.39 is 17.6 Å². The van der Waals surface area contributed by atoms with Crippen molar-refractivity contribution in [2.75, 3.05) is 5.75 Å². The summed E-state index contributed by atoms with van der Waals surface area (Å²) in [5, 5.41) is 14.6. The number of pyridine rings is 1. The molecule has 136 valence electrons. The number of nitrogens with zero attached hydrogens (tertiary/aromatic N) is 4. The van der Waals surface area contributed by atoms with Gasteiger partial charge in [-0.05, 0) is 23.8 Å². The third kappa shape index (κ3) is 2.87. The van der Waals surface area contributed by atoms with E-state index in [9.17, 15) is 14.7 Å². The average Bonchev–Trinajstić information content (AvgIpc) is 3.09. The first kappa shape index (κ1) is 17.6. The Morgan fingerprint density at radius 3 is 2.63 bits per heavy atom. The van der Waals surface area contributed by atoms with Crippen LogP contribution in [0.1, 0.15) is 6.04 Å². The van der Waals surface area contributed by atoms with Gasteiger partial charge in [0.25, 0.3) is 5.56 Å². The monoisotopic (exact) mass is 400 g/mol. The molecular formula is C18H13ClN4O3S. The summed E-state index contributed by atoms with van der Waals surface area (Å²) in [5.74, 6) is -1.12. The van der Waals surface area contributed by atoms with Crippen LogP contribution in [0, 0.1) is 0 Å². The molecule has 0 saturated carbocycles. The number of carboxylic acids is 1. The van der Waals surface area contributed by atoms with E-state index in [4.69, 9.17) is 11.6 Å². The van der Waals surface area contributed by atoms with Crippen molar-refractivity contribution in [1.29, 1.82) is 0 Å². The first-order chi connectivity index (χ1) is 13.0. The average molecular weight is 401 g/mol. The van der Waals surface area contributed by atoms with Gasteiger partial charge in [-0.15, -0.1) is 0 Å². The Morgan fingerprint density at radius 2 is 1.96 bits per heavy atom. The SMILES string of the molecule is O=C(O)[C@@H](CS)n1ccc2c(cnc3c(-c4ccc(Cl)cc4)cnn32)c1=O. The lowest BCUT2D eigenvalue weighted by atomic mass is 10.1. The van der Waals surface area contributed by atoms with Gasteiger partial charge in [0.05, 0.1) is 17.1 Å². The smallest absolute Gasteiger partial charge is 0.327 e. The fourth-order valence-electron chi connectivity index (χ4n) is 2.99. The first-order valence-corrected chi connectivity index (χ1v) is 8.99. The van der Waals surface area contributed by atoms with E-state index in [1.807, 2.05) is 12.1 Å². The van der Waals surface area contributed by atoms with Crippen LogP contribution in [-0.4, -0.2) is 36.0 Å². The fourth-order valence-corrected chi connectivity index (χ4v) is 3.45. The molecule has 0 saturated heterocycles. The Labute approximate surface area is 163 Å². The summed E-state index contributed by atoms with van der Waals surface area (Å²) in [4.78, 5) is 28.5. The molecule has 0 fully saturated rings. The Kier molecular flexibility index (Phi) is 4.37. The van der Waals surface area contributed by atoms with E-state index in [2.05, 4.69) is 22.7 Å². The Hall–Kier alpha value is -2.84. The Bertz CT molecular complexity index is 1230. The van der Waals surface area contributed by atoms with Crippen LogP contribution in [0.5, 0.6) is 0 Å². The van der Waals surface area contributed by atoms with Crippen LogP contribution in [0.3, 0.4) is 0 Å². The zero-order valence-corrected chi connectivity index (χ0v) is 15.4. The number of halogens is 1. The van der Waals surface area contributed by atoms with Gasteiger partial charge in [-0.1, -0.05) is 23.7 Å². The van der Waals surface area contributed by atoms with Gasteiger partial charge in [-0.2, -0.15) is 17.7 Å². The molecule has 0 spiro atoms. The third-order valence-corrected chi connectivity index (χ3v) is 4.97. The number of carboxylic acid groups (broad SMARTS) is 1. The number of carbonyl (C=O) groups is 1. The largest absolute Gasteiger partial charge is 0.480 e. The zero-order valence-electron chi connectivity index (χ0n) is 13.8. The van der Waals surface area contributed by atoms with Crippen LogP contribution in [0.15, 0.2) is 53.7 Å². The van der Waals surface area contributed by atoms with E-state index in [0.717, 1.165) is 15.7 Å². The summed E-state index contributed by atoms with van der Waals surface area (Å²) in [7, 11) is 0. The summed E-state index contributed by atoms with van der Waals surface area (Å²) < 4.78 is 2.72. The standard InChI is InChI=1S/C18H13ClN4O3S/c19-11-3-1-10(2-4-11)12-8-21-23-14-5-6-22(15(9-27)18(25)26)17(24)13(14)7-20-16(12)23/h1-8,15,27H,9H2,(H,25,26)/t15-/m1/s1. The highest BCUT2D eigenvalue weighted by molar-refractivity contribution is 7.80. The van der Waals surface area contributed by atoms with Gasteiger partial charge >= 0.3 is 5.97 Å². The molecule has 1 aromatic carbocycles. The predicted octanol–water partition coefficient (Wildman–Crippen LogP) is 2.92. The zero-order chi connectivity index (χ0) is 19.1. The molecule has 1 N–H and O–H groups in total. The van der Waals surface area contributed by atoms with Gasteiger partial charge in [0, 0.05) is 28.7 Å². The van der Waals surface area contributed by atoms with E-state index in [1.165, 1.54) is 12.4 Å². The highest BCUT2D eigenvalue weighted by Crippen LogP contribution is 2.26. The highest BCUT2D eigenvalue weighted by Gasteiger charge is 2.21. The van der Waals surface area contributed by atoms with E-state index >= 15 is 0 Å². The number of benzene rings is 1. The van der Waals surface area contributed by atoms with Crippen LogP contribution in [0.25, 0.3) is 27.7 Å². The lowest BCUT2D eigenvalue weighted by Crippen LogP contribution is -2.31. The number of aromatic nitrogens is 4. The third-order valence-electron chi connectivity index (χ3n) is 4.37. The maximum Gasteiger partial charge on any atom is 0.327 e. The number of hydrogen-bond donors (Lipinski definition) is 2. The van der Waals surface area contributed by atoms with Crippen molar-refractivity contribution in [2.45, 2.75) is 6.04 Å². The summed E-state index contributed by atoms with van der Waals surface area (Å²) in [6.07, 6.45) is 4.56. The minimum Gasteiger partial charge on any atom is -0.480 e. The molecule has 0 aliphatic heterocycles. The molecule has 9 heteroatoms. The van der Waals surface area contributed by atoms with Gasteiger partial charge in [-0.3, -0.25) is 9.36 Å². The van der Waals surface area contributed by atoms with E-state index in [-0.39, 0.29) is 11.1 Å². The Morgan fingerprint density at radius 1 is 1.22 bits per heavy atom. The van der Waals surface area contributed by atoms with E-state index in [1.54, 1.807) is 28.9 Å². The number of fused-ring (bicyclic) bond motifs is 3. The number of thiol groups is 1. The van der Waals surface area contributed by atoms with Gasteiger partial charge in [-0.25, -0.2) is 14.3 Å². The van der Waals surface area contributed by atoms with Crippen molar-refractivity contribution in [1.82, 2.24) is 19.2 Å². The Balaban J connectivity index is 1.93. The molecule has 4 aromatic rings. The molecule has 3 heterocycles. The molecule has 1 atom stereocenters. The number of rotatable bonds is 4. The molecule has 0 aliphatic carbocycles. The fraction of sp³-hybridized carbons (Fsp3) is 0.111. The maximum atomic E-state index is 12.8. The van der Waals surface area contributed by atoms with E-state index in [0.29, 0.717) is 16.2 Å². The van der Waals surface area contributed by atoms with Crippen molar-refractivity contribution >= 4 is 46.7 Å². The van der Waals surface area contributed by atoms with Crippen LogP contribution >= 0.6 is 24.2 Å². The van der Waals surface area contributed by atoms with Crippen LogP contribution in [0.2, 0.25) is 5.02 Å². The summed E-state index contributed by atoms with van der Waals surface area (Å²) in [6.45, 7) is 0. The lowest BCUT2D eigenvalue weighted by molar-refractivity contribution is -0.140. The van der Waals surface area contributed by atoms with Crippen molar-refractivity contribution in [3.63, 3.8) is 0 Å². The normalized spacial score (nSPS) is 12.5. The minimum absolute atomic E-state index is 0.00109. The maximum absolute atomic E-state index is 12.8. The highest BCUT2D eigenvalue weighted by atomic mass is 35.5. The first-order valence-electron chi connectivity index (χ1n) is 7.98. The van der Waals surface area contributed by atoms with Crippen molar-refractivity contribution in [3.8, 4) is 11.1 Å². The molecule has 7 nitrogen and oxygen atoms in total. The number of hydrogen-bond acceptors (Lipinski definition) is 5. The second-order valence-corrected chi connectivity index (χ2v) is 6.72. The molecular weight excluding hydrogens is 388 g/mol. The molecule has 0 aliphatic rings. The van der Waals surface area contributed by atoms with Crippen molar-refractivity contribution < 1.29 is 9.90 Å². The topological polar surface area (TPSA) is 89.5 Å². The summed E-state index contributed by atoms with van der Waals surface area (Å²) in [5.41, 5.74) is 2.38. The molecule has 3 aromatic heterocycles. The summed E-state index contributed by atoms with van der Waals surface area (Å²) in [6, 6.07) is 7.90. The van der Waals surface area contributed by atoms with Crippen LogP contribution in [-0.2, 0) is 4.79 Å². The molecule has 0 bridgehead atoms. The minimum atomic E-state index is -1.12. The van der Waals surface area contributed by atoms with Gasteiger partial charge in [0.15, 0.2) is 5.65 Å². The molecule has 0 amide bonds. The molecule has 27 heavy (non-hydrogen) atoms. The van der Waals surface area contributed by atoms with Gasteiger partial charge in [0.1, 0.15) is 6.04 Å². The second-order valence-electron chi connectivity index (χ2n) is 5.92. The van der Waals surface area contributed by atoms with Gasteiger partial charge in [0.2, 0.25) is 0 Å². The molecule has 0 radical (unpaired) electrons. The van der Waals surface area contributed by atoms with Crippen LogP contribution < -0.4 is 5.56 Å². The van der Waals surface area contributed by atoms with Crippen molar-refractivity contribution in [2.24, 2.45) is 0 Å². The lowest BCUT2D eigenvalue weighted by Gasteiger charge is -2.14. The molecule has 4 rings (SSSR count). The number of aliphatic carboxylic acids is 1. The van der Waals surface area contributed by atoms with Crippen LogP contribution in [0.4, 0.5) is 0 Å². The second kappa shape index (κ2) is 6.71. The van der Waals surface area contributed by atoms with Crippen molar-refractivity contribution in [3.05, 3.63) is 64.3 Å². The van der Waals surface area contributed by atoms with Gasteiger partial charge < -0.3 is 5.11 Å². The summed E-state index contributed by atoms with van der Waals surface area (Å²) >= 11 is 9.98.